The van der Waals surface area contributed by atoms with E-state index in [1.54, 1.807) is 0 Å². The number of carbonyl (C=O) groups is 2. The van der Waals surface area contributed by atoms with Gasteiger partial charge in [-0.05, 0) is 36.0 Å². The normalized spacial score (nSPS) is 36.0. The number of hydrogen-bond donors (Lipinski definition) is 0. The smallest absolute Gasteiger partial charge is 0.335 e. The molecule has 2 saturated carbocycles. The molecule has 0 aromatic heterocycles. The first-order valence-electron chi connectivity index (χ1n) is 7.16. The molecule has 3 unspecified atom stereocenters. The molecule has 0 N–H and O–H groups in total. The number of methoxy groups -OCH3 is 1. The Morgan fingerprint density at radius 3 is 2.65 bits per heavy atom. The molecule has 0 saturated heterocycles. The minimum Gasteiger partial charge on any atom is -0.468 e. The third-order valence-electron chi connectivity index (χ3n) is 5.31. The maximum absolute atomic E-state index is 12.4. The molecule has 4 atom stereocenters. The molecule has 5 nitrogen and oxygen atoms in total. The second-order valence-corrected chi connectivity index (χ2v) is 6.80. The van der Waals surface area contributed by atoms with Gasteiger partial charge in [-0.15, -0.1) is 0 Å². The van der Waals surface area contributed by atoms with E-state index in [4.69, 9.17) is 10.3 Å². The van der Waals surface area contributed by atoms with Gasteiger partial charge in [0.25, 0.3) is 5.78 Å². The van der Waals surface area contributed by atoms with Crippen molar-refractivity contribution in [3.8, 4) is 0 Å². The number of Topliss-reactive ketones (excluding diaryl/α,β-unsaturated/α-hetero) is 1. The summed E-state index contributed by atoms with van der Waals surface area (Å²) in [5, 5.41) is 0. The lowest BCUT2D eigenvalue weighted by Crippen LogP contribution is -2.54. The van der Waals surface area contributed by atoms with E-state index in [2.05, 4.69) is 25.6 Å². The summed E-state index contributed by atoms with van der Waals surface area (Å²) in [7, 11) is 1.30. The minimum absolute atomic E-state index is 0.0239. The lowest BCUT2D eigenvalue weighted by Gasteiger charge is -2.50. The summed E-state index contributed by atoms with van der Waals surface area (Å²) in [6, 6.07) is 0. The van der Waals surface area contributed by atoms with Crippen molar-refractivity contribution in [3.05, 3.63) is 5.53 Å². The minimum atomic E-state index is -0.820. The molecule has 0 bridgehead atoms. The van der Waals surface area contributed by atoms with Crippen molar-refractivity contribution in [3.63, 3.8) is 0 Å². The first-order chi connectivity index (χ1) is 9.33. The average molecular weight is 278 g/mol. The Bertz CT molecular complexity index is 491. The molecule has 0 spiro atoms. The van der Waals surface area contributed by atoms with Crippen LogP contribution < -0.4 is 0 Å². The molecule has 5 heteroatoms. The van der Waals surface area contributed by atoms with E-state index in [0.717, 1.165) is 12.8 Å². The van der Waals surface area contributed by atoms with Crippen LogP contribution in [0.25, 0.3) is 5.53 Å². The fourth-order valence-corrected chi connectivity index (χ4v) is 4.01. The second kappa shape index (κ2) is 5.13. The van der Waals surface area contributed by atoms with Gasteiger partial charge in [0.15, 0.2) is 0 Å². The number of hydrogen-bond acceptors (Lipinski definition) is 3. The van der Waals surface area contributed by atoms with E-state index in [-0.39, 0.29) is 28.7 Å². The summed E-state index contributed by atoms with van der Waals surface area (Å²) >= 11 is 0. The fraction of sp³-hybridized carbons (Fsp3) is 0.800. The second-order valence-electron chi connectivity index (χ2n) is 6.80. The number of esters is 1. The summed E-state index contributed by atoms with van der Waals surface area (Å²) in [5.74, 6) is -1.26. The van der Waals surface area contributed by atoms with Crippen molar-refractivity contribution in [2.75, 3.05) is 7.11 Å². The van der Waals surface area contributed by atoms with Crippen LogP contribution >= 0.6 is 0 Å². The molecular formula is C15H22N2O3. The first kappa shape index (κ1) is 14.9. The predicted molar refractivity (Wildman–Crippen MR) is 72.9 cm³/mol. The van der Waals surface area contributed by atoms with Gasteiger partial charge in [0, 0.05) is 0 Å². The highest BCUT2D eigenvalue weighted by molar-refractivity contribution is 6.42. The van der Waals surface area contributed by atoms with Crippen LogP contribution in [0.3, 0.4) is 0 Å². The summed E-state index contributed by atoms with van der Waals surface area (Å²) in [5.41, 5.74) is 9.22. The Kier molecular flexibility index (Phi) is 3.83. The Morgan fingerprint density at radius 2 is 2.10 bits per heavy atom. The third-order valence-corrected chi connectivity index (χ3v) is 5.31. The Hall–Kier alpha value is -1.48. The molecule has 0 aromatic carbocycles. The monoisotopic (exact) mass is 278 g/mol. The zero-order valence-electron chi connectivity index (χ0n) is 12.5. The van der Waals surface area contributed by atoms with Gasteiger partial charge in [-0.2, -0.15) is 4.79 Å². The van der Waals surface area contributed by atoms with Crippen molar-refractivity contribution in [2.45, 2.75) is 40.0 Å². The molecule has 110 valence electrons. The summed E-state index contributed by atoms with van der Waals surface area (Å²) < 4.78 is 4.82. The third kappa shape index (κ3) is 2.20. The quantitative estimate of drug-likeness (QED) is 0.319. The molecule has 2 fully saturated rings. The van der Waals surface area contributed by atoms with Crippen LogP contribution in [-0.2, 0) is 14.3 Å². The van der Waals surface area contributed by atoms with E-state index in [0.29, 0.717) is 12.3 Å². The van der Waals surface area contributed by atoms with Crippen molar-refractivity contribution in [1.82, 2.24) is 0 Å². The highest BCUT2D eigenvalue weighted by Gasteiger charge is 2.57. The zero-order valence-corrected chi connectivity index (χ0v) is 12.5. The predicted octanol–water partition coefficient (Wildman–Crippen LogP) is 2.11. The van der Waals surface area contributed by atoms with Crippen molar-refractivity contribution < 1.29 is 19.1 Å². The summed E-state index contributed by atoms with van der Waals surface area (Å²) in [6.45, 7) is 6.42. The Balaban J connectivity index is 2.49. The Labute approximate surface area is 119 Å². The van der Waals surface area contributed by atoms with Crippen LogP contribution in [0.2, 0.25) is 0 Å². The molecule has 0 heterocycles. The Morgan fingerprint density at radius 1 is 1.45 bits per heavy atom. The lowest BCUT2D eigenvalue weighted by molar-refractivity contribution is -0.158. The van der Waals surface area contributed by atoms with Crippen molar-refractivity contribution >= 4 is 17.5 Å². The van der Waals surface area contributed by atoms with E-state index in [9.17, 15) is 9.59 Å². The van der Waals surface area contributed by atoms with Gasteiger partial charge >= 0.3 is 11.7 Å². The van der Waals surface area contributed by atoms with E-state index in [1.165, 1.54) is 7.11 Å². The zero-order chi connectivity index (χ0) is 15.1. The van der Waals surface area contributed by atoms with E-state index in [1.807, 2.05) is 0 Å². The van der Waals surface area contributed by atoms with Gasteiger partial charge < -0.3 is 10.3 Å². The van der Waals surface area contributed by atoms with E-state index < -0.39 is 11.9 Å². The molecule has 0 aromatic rings. The summed E-state index contributed by atoms with van der Waals surface area (Å²) in [6.07, 6.45) is 2.50. The highest BCUT2D eigenvalue weighted by atomic mass is 16.5. The molecular weight excluding hydrogens is 256 g/mol. The molecule has 2 rings (SSSR count). The fourth-order valence-electron chi connectivity index (χ4n) is 4.01. The molecule has 2 aliphatic carbocycles. The molecule has 20 heavy (non-hydrogen) atoms. The maximum atomic E-state index is 12.4. The number of ether oxygens (including phenoxy) is 1. The standard InChI is InChI=1S/C15H22N2O3/c1-8-5-6-15(2,3)9-7-10(17-16)13(18)12(11(8)9)14(19)20-4/h8-9,11-12H,5-7H2,1-4H3/t8-,9?,11?,12?/m0/s1. The largest absolute Gasteiger partial charge is 0.468 e. The number of nitrogens with zero attached hydrogens (tertiary/aromatic N) is 2. The van der Waals surface area contributed by atoms with Gasteiger partial charge in [0.2, 0.25) is 0 Å². The van der Waals surface area contributed by atoms with Gasteiger partial charge in [0.05, 0.1) is 13.5 Å². The van der Waals surface area contributed by atoms with Crippen LogP contribution in [0, 0.1) is 29.1 Å². The topological polar surface area (TPSA) is 79.8 Å². The van der Waals surface area contributed by atoms with Gasteiger partial charge in [-0.1, -0.05) is 20.8 Å². The average Bonchev–Trinajstić information content (AvgIpc) is 2.42. The lowest BCUT2D eigenvalue weighted by atomic mass is 9.52. The molecule has 0 amide bonds. The number of ketones is 1. The first-order valence-corrected chi connectivity index (χ1v) is 7.16. The molecule has 0 radical (unpaired) electrons. The van der Waals surface area contributed by atoms with Gasteiger partial charge in [-0.25, -0.2) is 0 Å². The van der Waals surface area contributed by atoms with Crippen molar-refractivity contribution in [2.24, 2.45) is 29.1 Å². The van der Waals surface area contributed by atoms with Crippen LogP contribution in [0.1, 0.15) is 40.0 Å². The van der Waals surface area contributed by atoms with Gasteiger partial charge in [0.1, 0.15) is 5.92 Å². The SMILES string of the molecule is COC(=O)C1C(=O)C(=[N+]=[N-])CC2C1[C@@H](C)CCC2(C)C. The van der Waals surface area contributed by atoms with Gasteiger partial charge in [-0.3, -0.25) is 9.59 Å². The van der Waals surface area contributed by atoms with Crippen LogP contribution in [0.15, 0.2) is 0 Å². The number of carbonyl (C=O) groups excluding carboxylic acids is 2. The van der Waals surface area contributed by atoms with Crippen LogP contribution in [-0.4, -0.2) is 29.4 Å². The highest BCUT2D eigenvalue weighted by Crippen LogP contribution is 2.53. The molecule has 2 aliphatic rings. The maximum Gasteiger partial charge on any atom is 0.335 e. The molecule has 0 aliphatic heterocycles. The number of fused-ring (bicyclic) bond motifs is 1. The summed E-state index contributed by atoms with van der Waals surface area (Å²) in [4.78, 5) is 27.6. The van der Waals surface area contributed by atoms with E-state index >= 15 is 0 Å². The number of rotatable bonds is 1. The van der Waals surface area contributed by atoms with Crippen LogP contribution in [0.4, 0.5) is 0 Å². The van der Waals surface area contributed by atoms with Crippen molar-refractivity contribution in [1.29, 1.82) is 0 Å². The van der Waals surface area contributed by atoms with Crippen LogP contribution in [0.5, 0.6) is 0 Å².